The Balaban J connectivity index is 1.93. The van der Waals surface area contributed by atoms with Crippen LogP contribution in [-0.4, -0.2) is 48.6 Å². The summed E-state index contributed by atoms with van der Waals surface area (Å²) in [5.74, 6) is 0.685. The molecule has 0 spiro atoms. The topological polar surface area (TPSA) is 54.5 Å². The van der Waals surface area contributed by atoms with Crippen LogP contribution < -0.4 is 10.1 Å². The van der Waals surface area contributed by atoms with Crippen LogP contribution in [0.2, 0.25) is 0 Å². The maximum atomic E-state index is 12.2. The van der Waals surface area contributed by atoms with Gasteiger partial charge in [-0.3, -0.25) is 9.69 Å². The lowest BCUT2D eigenvalue weighted by Crippen LogP contribution is -2.38. The van der Waals surface area contributed by atoms with Gasteiger partial charge in [0, 0.05) is 30.1 Å². The van der Waals surface area contributed by atoms with Crippen molar-refractivity contribution in [2.75, 3.05) is 26.7 Å². The molecule has 2 rings (SSSR count). The molecule has 6 heteroatoms. The van der Waals surface area contributed by atoms with Gasteiger partial charge in [-0.05, 0) is 44.7 Å². The van der Waals surface area contributed by atoms with Crippen molar-refractivity contribution in [3.63, 3.8) is 0 Å². The fraction of sp³-hybridized carbons (Fsp3) is 0.444. The Hall–Kier alpha value is -1.92. The van der Waals surface area contributed by atoms with E-state index >= 15 is 0 Å². The van der Waals surface area contributed by atoms with Gasteiger partial charge >= 0.3 is 0 Å². The molecule has 2 aromatic rings. The van der Waals surface area contributed by atoms with Crippen molar-refractivity contribution in [1.82, 2.24) is 15.2 Å². The molecule has 1 amide bonds. The molecule has 0 saturated carbocycles. The lowest BCUT2D eigenvalue weighted by Gasteiger charge is -2.24. The van der Waals surface area contributed by atoms with Gasteiger partial charge in [0.15, 0.2) is 0 Å². The molecule has 0 fully saturated rings. The summed E-state index contributed by atoms with van der Waals surface area (Å²) in [6.45, 7) is 8.89. The predicted molar refractivity (Wildman–Crippen MR) is 98.8 cm³/mol. The fourth-order valence-electron chi connectivity index (χ4n) is 2.43. The third-order valence-corrected chi connectivity index (χ3v) is 4.79. The summed E-state index contributed by atoms with van der Waals surface area (Å²) in [5, 5.41) is 5.58. The van der Waals surface area contributed by atoms with Crippen LogP contribution in [0.5, 0.6) is 5.75 Å². The van der Waals surface area contributed by atoms with Gasteiger partial charge in [0.2, 0.25) is 0 Å². The highest BCUT2D eigenvalue weighted by atomic mass is 32.1. The van der Waals surface area contributed by atoms with Gasteiger partial charge in [0.05, 0.1) is 7.11 Å². The van der Waals surface area contributed by atoms with Gasteiger partial charge in [-0.15, -0.1) is 11.3 Å². The normalized spacial score (nSPS) is 11.1. The van der Waals surface area contributed by atoms with Crippen molar-refractivity contribution in [2.24, 2.45) is 0 Å². The summed E-state index contributed by atoms with van der Waals surface area (Å²) in [5.41, 5.74) is 1.45. The van der Waals surface area contributed by atoms with E-state index < -0.39 is 0 Å². The molecule has 0 atom stereocenters. The summed E-state index contributed by atoms with van der Waals surface area (Å²) in [6.07, 6.45) is 0. The number of ether oxygens (including phenoxy) is 1. The molecule has 0 bridgehead atoms. The molecule has 0 aliphatic rings. The minimum atomic E-state index is -0.120. The van der Waals surface area contributed by atoms with Gasteiger partial charge < -0.3 is 10.1 Å². The van der Waals surface area contributed by atoms with Gasteiger partial charge in [0.1, 0.15) is 16.5 Å². The van der Waals surface area contributed by atoms with E-state index in [1.807, 2.05) is 24.3 Å². The molecule has 130 valence electrons. The highest BCUT2D eigenvalue weighted by molar-refractivity contribution is 7.13. The Morgan fingerprint density at radius 3 is 2.62 bits per heavy atom. The third-order valence-electron chi connectivity index (χ3n) is 3.89. The number of amides is 1. The maximum absolute atomic E-state index is 12.2. The first-order chi connectivity index (χ1) is 11.5. The molecule has 1 N–H and O–H groups in total. The summed E-state index contributed by atoms with van der Waals surface area (Å²) in [6, 6.07) is 8.15. The molecule has 0 aliphatic carbocycles. The minimum absolute atomic E-state index is 0.120. The second kappa shape index (κ2) is 8.80. The highest BCUT2D eigenvalue weighted by Gasteiger charge is 2.13. The monoisotopic (exact) mass is 347 g/mol. The van der Waals surface area contributed by atoms with Crippen molar-refractivity contribution in [3.8, 4) is 16.3 Å². The summed E-state index contributed by atoms with van der Waals surface area (Å²) in [4.78, 5) is 19.0. The highest BCUT2D eigenvalue weighted by Crippen LogP contribution is 2.25. The maximum Gasteiger partial charge on any atom is 0.270 e. The molecule has 5 nitrogen and oxygen atoms in total. The number of rotatable bonds is 8. The van der Waals surface area contributed by atoms with E-state index in [1.54, 1.807) is 12.5 Å². The first kappa shape index (κ1) is 18.4. The Morgan fingerprint density at radius 2 is 2.04 bits per heavy atom. The number of carbonyl (C=O) groups excluding carboxylic acids is 1. The predicted octanol–water partition coefficient (Wildman–Crippen LogP) is 3.28. The number of nitrogens with one attached hydrogen (secondary N) is 1. The van der Waals surface area contributed by atoms with E-state index in [-0.39, 0.29) is 5.91 Å². The fourth-order valence-corrected chi connectivity index (χ4v) is 3.24. The summed E-state index contributed by atoms with van der Waals surface area (Å²) in [7, 11) is 1.64. The lowest BCUT2D eigenvalue weighted by atomic mass is 10.2. The second-order valence-corrected chi connectivity index (χ2v) is 6.60. The number of benzene rings is 1. The van der Waals surface area contributed by atoms with E-state index in [9.17, 15) is 4.79 Å². The summed E-state index contributed by atoms with van der Waals surface area (Å²) >= 11 is 1.47. The largest absolute Gasteiger partial charge is 0.497 e. The smallest absolute Gasteiger partial charge is 0.270 e. The Kier molecular flexibility index (Phi) is 6.75. The standard InChI is InChI=1S/C18H25N3O2S/c1-5-21(13(2)3)11-10-19-17(22)16-12-24-18(20-16)14-6-8-15(23-4)9-7-14/h6-9,12-13H,5,10-11H2,1-4H3,(H,19,22). The first-order valence-electron chi connectivity index (χ1n) is 8.17. The SMILES string of the molecule is CCN(CCNC(=O)c1csc(-c2ccc(OC)cc2)n1)C(C)C. The van der Waals surface area contributed by atoms with E-state index in [4.69, 9.17) is 4.74 Å². The number of nitrogens with zero attached hydrogens (tertiary/aromatic N) is 2. The van der Waals surface area contributed by atoms with Crippen LogP contribution >= 0.6 is 11.3 Å². The molecular formula is C18H25N3O2S. The van der Waals surface area contributed by atoms with Crippen LogP contribution in [0.3, 0.4) is 0 Å². The van der Waals surface area contributed by atoms with Crippen molar-refractivity contribution >= 4 is 17.2 Å². The number of thiazole rings is 1. The van der Waals surface area contributed by atoms with Crippen LogP contribution in [0.25, 0.3) is 10.6 Å². The third kappa shape index (κ3) is 4.79. The van der Waals surface area contributed by atoms with Crippen molar-refractivity contribution in [3.05, 3.63) is 35.3 Å². The molecular weight excluding hydrogens is 322 g/mol. The van der Waals surface area contributed by atoms with E-state index in [0.717, 1.165) is 29.4 Å². The lowest BCUT2D eigenvalue weighted by molar-refractivity contribution is 0.0941. The zero-order valence-corrected chi connectivity index (χ0v) is 15.5. The van der Waals surface area contributed by atoms with Crippen molar-refractivity contribution in [2.45, 2.75) is 26.8 Å². The Morgan fingerprint density at radius 1 is 1.33 bits per heavy atom. The zero-order chi connectivity index (χ0) is 17.5. The van der Waals surface area contributed by atoms with Crippen LogP contribution in [0.4, 0.5) is 0 Å². The Bertz CT molecular complexity index is 653. The number of hydrogen-bond acceptors (Lipinski definition) is 5. The number of carbonyl (C=O) groups is 1. The van der Waals surface area contributed by atoms with Gasteiger partial charge in [0.25, 0.3) is 5.91 Å². The first-order valence-corrected chi connectivity index (χ1v) is 9.05. The molecule has 0 saturated heterocycles. The van der Waals surface area contributed by atoms with Crippen LogP contribution in [-0.2, 0) is 0 Å². The number of aromatic nitrogens is 1. The van der Waals surface area contributed by atoms with E-state index in [0.29, 0.717) is 18.3 Å². The van der Waals surface area contributed by atoms with Gasteiger partial charge in [-0.2, -0.15) is 0 Å². The van der Waals surface area contributed by atoms with Crippen molar-refractivity contribution < 1.29 is 9.53 Å². The number of methoxy groups -OCH3 is 1. The molecule has 0 aliphatic heterocycles. The molecule has 0 unspecified atom stereocenters. The molecule has 24 heavy (non-hydrogen) atoms. The van der Waals surface area contributed by atoms with Gasteiger partial charge in [-0.25, -0.2) is 4.98 Å². The molecule has 1 aromatic heterocycles. The van der Waals surface area contributed by atoms with E-state index in [2.05, 4.69) is 36.0 Å². The minimum Gasteiger partial charge on any atom is -0.497 e. The number of hydrogen-bond donors (Lipinski definition) is 1. The van der Waals surface area contributed by atoms with Crippen LogP contribution in [0, 0.1) is 0 Å². The molecule has 0 radical (unpaired) electrons. The average Bonchev–Trinajstić information content (AvgIpc) is 3.08. The Labute approximate surface area is 147 Å². The quantitative estimate of drug-likeness (QED) is 0.796. The van der Waals surface area contributed by atoms with Crippen molar-refractivity contribution in [1.29, 1.82) is 0 Å². The average molecular weight is 347 g/mol. The second-order valence-electron chi connectivity index (χ2n) is 5.74. The molecule has 1 heterocycles. The van der Waals surface area contributed by atoms with Crippen LogP contribution in [0.1, 0.15) is 31.3 Å². The number of likely N-dealkylation sites (N-methyl/N-ethyl adjacent to an activating group) is 1. The van der Waals surface area contributed by atoms with Gasteiger partial charge in [-0.1, -0.05) is 6.92 Å². The summed E-state index contributed by atoms with van der Waals surface area (Å²) < 4.78 is 5.15. The molecule has 1 aromatic carbocycles. The zero-order valence-electron chi connectivity index (χ0n) is 14.7. The van der Waals surface area contributed by atoms with Crippen LogP contribution in [0.15, 0.2) is 29.6 Å². The van der Waals surface area contributed by atoms with E-state index in [1.165, 1.54) is 11.3 Å².